The van der Waals surface area contributed by atoms with E-state index in [9.17, 15) is 14.7 Å². The fourth-order valence-corrected chi connectivity index (χ4v) is 4.84. The Kier molecular flexibility index (Phi) is 4.35. The van der Waals surface area contributed by atoms with Crippen molar-refractivity contribution >= 4 is 23.5 Å². The van der Waals surface area contributed by atoms with Gasteiger partial charge in [0, 0.05) is 22.6 Å². The second kappa shape index (κ2) is 6.43. The average molecular weight is 379 g/mol. The number of rotatable bonds is 5. The summed E-state index contributed by atoms with van der Waals surface area (Å²) in [5.74, 6) is -0.0913. The molecule has 140 valence electrons. The summed E-state index contributed by atoms with van der Waals surface area (Å²) in [5, 5.41) is 10.5. The number of amides is 3. The number of phenols is 1. The third-order valence-electron chi connectivity index (χ3n) is 6.18. The lowest BCUT2D eigenvalue weighted by Crippen LogP contribution is -2.68. The Bertz CT molecular complexity index is 749. The third-order valence-corrected chi connectivity index (χ3v) is 6.42. The molecule has 6 nitrogen and oxygen atoms in total. The molecule has 3 amide bonds. The van der Waals surface area contributed by atoms with Crippen LogP contribution in [0.25, 0.3) is 0 Å². The number of imide groups is 1. The van der Waals surface area contributed by atoms with Crippen LogP contribution in [0.1, 0.15) is 38.2 Å². The molecule has 26 heavy (non-hydrogen) atoms. The van der Waals surface area contributed by atoms with Crippen molar-refractivity contribution in [1.29, 1.82) is 0 Å². The highest BCUT2D eigenvalue weighted by Gasteiger charge is 2.63. The van der Waals surface area contributed by atoms with Gasteiger partial charge in [0.25, 0.3) is 5.91 Å². The third kappa shape index (κ3) is 2.58. The normalized spacial score (nSPS) is 27.0. The Balaban J connectivity index is 1.50. The minimum Gasteiger partial charge on any atom is -0.508 e. The molecule has 3 fully saturated rings. The van der Waals surface area contributed by atoms with Crippen LogP contribution < -0.4 is 0 Å². The van der Waals surface area contributed by atoms with Crippen LogP contribution in [-0.4, -0.2) is 52.1 Å². The zero-order valence-corrected chi connectivity index (χ0v) is 15.5. The molecule has 1 spiro atoms. The highest BCUT2D eigenvalue weighted by Crippen LogP contribution is 2.59. The van der Waals surface area contributed by atoms with E-state index < -0.39 is 0 Å². The van der Waals surface area contributed by atoms with Gasteiger partial charge in [0.15, 0.2) is 0 Å². The van der Waals surface area contributed by atoms with Gasteiger partial charge in [-0.2, -0.15) is 0 Å². The first-order valence-corrected chi connectivity index (χ1v) is 9.54. The van der Waals surface area contributed by atoms with Crippen molar-refractivity contribution in [3.63, 3.8) is 0 Å². The van der Waals surface area contributed by atoms with Gasteiger partial charge in [0.1, 0.15) is 12.3 Å². The molecule has 1 aromatic carbocycles. The quantitative estimate of drug-likeness (QED) is 0.799. The molecule has 0 bridgehead atoms. The molecule has 2 atom stereocenters. The summed E-state index contributed by atoms with van der Waals surface area (Å²) in [5.41, 5.74) is 0.495. The average Bonchev–Trinajstić information content (AvgIpc) is 2.80. The van der Waals surface area contributed by atoms with Crippen molar-refractivity contribution < 1.29 is 19.4 Å². The molecule has 0 radical (unpaired) electrons. The highest BCUT2D eigenvalue weighted by molar-refractivity contribution is 6.30. The maximum atomic E-state index is 12.9. The minimum absolute atomic E-state index is 0.0384. The first kappa shape index (κ1) is 17.6. The summed E-state index contributed by atoms with van der Waals surface area (Å²) >= 11 is 5.98. The van der Waals surface area contributed by atoms with Gasteiger partial charge in [-0.3, -0.25) is 9.69 Å². The van der Waals surface area contributed by atoms with Crippen molar-refractivity contribution in [2.24, 2.45) is 5.41 Å². The van der Waals surface area contributed by atoms with Crippen LogP contribution in [0.3, 0.4) is 0 Å². The van der Waals surface area contributed by atoms with Gasteiger partial charge in [-0.25, -0.2) is 4.79 Å². The Morgan fingerprint density at radius 3 is 2.77 bits per heavy atom. The van der Waals surface area contributed by atoms with Gasteiger partial charge in [-0.05, 0) is 44.4 Å². The van der Waals surface area contributed by atoms with Gasteiger partial charge in [-0.15, -0.1) is 0 Å². The van der Waals surface area contributed by atoms with E-state index in [0.29, 0.717) is 17.2 Å². The van der Waals surface area contributed by atoms with Crippen molar-refractivity contribution in [2.75, 3.05) is 13.2 Å². The molecule has 2 saturated carbocycles. The highest BCUT2D eigenvalue weighted by atomic mass is 35.5. The molecule has 4 rings (SSSR count). The number of halogens is 1. The molecule has 1 N–H and O–H groups in total. The zero-order chi connectivity index (χ0) is 18.5. The van der Waals surface area contributed by atoms with E-state index in [1.54, 1.807) is 12.1 Å². The van der Waals surface area contributed by atoms with Crippen LogP contribution in [0.5, 0.6) is 5.75 Å². The Hall–Kier alpha value is -1.79. The van der Waals surface area contributed by atoms with Crippen molar-refractivity contribution in [1.82, 2.24) is 9.80 Å². The van der Waals surface area contributed by atoms with Gasteiger partial charge >= 0.3 is 6.03 Å². The number of hydrogen-bond acceptors (Lipinski definition) is 4. The van der Waals surface area contributed by atoms with E-state index in [-0.39, 0.29) is 48.3 Å². The maximum Gasteiger partial charge on any atom is 0.327 e. The van der Waals surface area contributed by atoms with Crippen LogP contribution >= 0.6 is 11.6 Å². The Labute approximate surface area is 157 Å². The molecular formula is C19H23ClN2O4. The van der Waals surface area contributed by atoms with E-state index in [2.05, 4.69) is 0 Å². The minimum atomic E-state index is -0.277. The zero-order valence-electron chi connectivity index (χ0n) is 14.8. The van der Waals surface area contributed by atoms with Gasteiger partial charge < -0.3 is 14.7 Å². The molecule has 1 aliphatic heterocycles. The predicted molar refractivity (Wildman–Crippen MR) is 95.9 cm³/mol. The number of benzene rings is 1. The van der Waals surface area contributed by atoms with E-state index >= 15 is 0 Å². The topological polar surface area (TPSA) is 70.1 Å². The SMILES string of the molecule is CCO[C@@H]1C[C@@H](N2C(=O)CN(Cc3cc(Cl)ccc3O)C2=O)C12CCC2. The van der Waals surface area contributed by atoms with Crippen LogP contribution in [0.4, 0.5) is 4.79 Å². The number of aromatic hydroxyl groups is 1. The van der Waals surface area contributed by atoms with Crippen molar-refractivity contribution in [3.05, 3.63) is 28.8 Å². The second-order valence-corrected chi connectivity index (χ2v) is 7.89. The summed E-state index contributed by atoms with van der Waals surface area (Å²) in [4.78, 5) is 28.4. The van der Waals surface area contributed by atoms with Crippen LogP contribution in [0.2, 0.25) is 5.02 Å². The number of phenolic OH excluding ortho intramolecular Hbond substituents is 1. The summed E-state index contributed by atoms with van der Waals surface area (Å²) in [6, 6.07) is 4.37. The Morgan fingerprint density at radius 1 is 1.35 bits per heavy atom. The molecule has 0 unspecified atom stereocenters. The summed E-state index contributed by atoms with van der Waals surface area (Å²) in [6.07, 6.45) is 4.01. The van der Waals surface area contributed by atoms with Crippen molar-refractivity contribution in [2.45, 2.75) is 51.3 Å². The van der Waals surface area contributed by atoms with Crippen LogP contribution in [0.15, 0.2) is 18.2 Å². The largest absolute Gasteiger partial charge is 0.508 e. The molecule has 1 heterocycles. The molecular weight excluding hydrogens is 356 g/mol. The monoisotopic (exact) mass is 378 g/mol. The number of hydrogen-bond donors (Lipinski definition) is 1. The van der Waals surface area contributed by atoms with E-state index in [1.807, 2.05) is 6.92 Å². The standard InChI is InChI=1S/C19H23ClN2O4/c1-2-26-16-9-15(19(16)6-3-7-19)22-17(24)11-21(18(22)25)10-12-8-13(20)4-5-14(12)23/h4-5,8,15-16,23H,2-3,6-7,9-11H2,1H3/t15-,16-/m1/s1. The lowest BCUT2D eigenvalue weighted by atomic mass is 9.50. The smallest absolute Gasteiger partial charge is 0.327 e. The van der Waals surface area contributed by atoms with E-state index in [0.717, 1.165) is 25.7 Å². The first-order valence-electron chi connectivity index (χ1n) is 9.16. The Morgan fingerprint density at radius 2 is 2.12 bits per heavy atom. The fourth-order valence-electron chi connectivity index (χ4n) is 4.65. The summed E-state index contributed by atoms with van der Waals surface area (Å²) in [7, 11) is 0. The van der Waals surface area contributed by atoms with Crippen molar-refractivity contribution in [3.8, 4) is 5.75 Å². The van der Waals surface area contributed by atoms with Crippen LogP contribution in [-0.2, 0) is 16.1 Å². The molecule has 1 saturated heterocycles. The number of nitrogens with zero attached hydrogens (tertiary/aromatic N) is 2. The number of carbonyl (C=O) groups is 2. The lowest BCUT2D eigenvalue weighted by Gasteiger charge is -2.62. The molecule has 2 aliphatic carbocycles. The molecule has 3 aliphatic rings. The van der Waals surface area contributed by atoms with E-state index in [4.69, 9.17) is 16.3 Å². The number of urea groups is 1. The predicted octanol–water partition coefficient (Wildman–Crippen LogP) is 3.16. The van der Waals surface area contributed by atoms with Gasteiger partial charge in [-0.1, -0.05) is 18.0 Å². The first-order chi connectivity index (χ1) is 12.5. The van der Waals surface area contributed by atoms with Gasteiger partial charge in [0.05, 0.1) is 18.7 Å². The number of carbonyl (C=O) groups excluding carboxylic acids is 2. The van der Waals surface area contributed by atoms with Gasteiger partial charge in [0.2, 0.25) is 0 Å². The molecule has 0 aromatic heterocycles. The van der Waals surface area contributed by atoms with E-state index in [1.165, 1.54) is 15.9 Å². The summed E-state index contributed by atoms with van der Waals surface area (Å²) < 4.78 is 5.84. The molecule has 7 heteroatoms. The maximum absolute atomic E-state index is 12.9. The molecule has 1 aromatic rings. The lowest BCUT2D eigenvalue weighted by molar-refractivity contribution is -0.195. The summed E-state index contributed by atoms with van der Waals surface area (Å²) in [6.45, 7) is 2.84. The fraction of sp³-hybridized carbons (Fsp3) is 0.579. The second-order valence-electron chi connectivity index (χ2n) is 7.46. The number of ether oxygens (including phenoxy) is 1. The van der Waals surface area contributed by atoms with Crippen LogP contribution in [0, 0.1) is 5.41 Å².